The Morgan fingerprint density at radius 1 is 0.800 bits per heavy atom. The maximum atomic E-state index is 0. The molecule has 0 aromatic heterocycles. The molecule has 3 nitrogen and oxygen atoms in total. The van der Waals surface area contributed by atoms with Gasteiger partial charge in [-0.1, -0.05) is 0 Å². The van der Waals surface area contributed by atoms with Gasteiger partial charge in [0.25, 0.3) is 0 Å². The third-order valence-corrected chi connectivity index (χ3v) is 0. The molecule has 5 heavy (non-hydrogen) atoms. The summed E-state index contributed by atoms with van der Waals surface area (Å²) in [6.45, 7) is 0. The molecule has 0 saturated heterocycles. The number of hydrogen-bond acceptors (Lipinski definition) is 0. The minimum absolute atomic E-state index is 0. The van der Waals surface area contributed by atoms with Gasteiger partial charge in [-0.05, 0) is 0 Å². The maximum absolute atomic E-state index is 0. The number of rotatable bonds is 0. The summed E-state index contributed by atoms with van der Waals surface area (Å²) >= 11 is 0. The van der Waals surface area contributed by atoms with Gasteiger partial charge < -0.3 is 16.4 Å². The zero-order valence-electron chi connectivity index (χ0n) is 2.73. The van der Waals surface area contributed by atoms with Crippen molar-refractivity contribution in [3.8, 4) is 0 Å². The van der Waals surface area contributed by atoms with E-state index in [0.29, 0.717) is 0 Å². The van der Waals surface area contributed by atoms with Crippen molar-refractivity contribution in [3.63, 3.8) is 0 Å². The molecule has 0 aromatic rings. The van der Waals surface area contributed by atoms with Crippen LogP contribution in [0.1, 0.15) is 0 Å². The molecule has 0 aliphatic rings. The molecule has 2 N–H and O–H groups in total. The normalized spacial score (nSPS) is 0. The van der Waals surface area contributed by atoms with Crippen LogP contribution in [0.5, 0.6) is 0 Å². The summed E-state index contributed by atoms with van der Waals surface area (Å²) in [5.41, 5.74) is 0. The predicted octanol–water partition coefficient (Wildman–Crippen LogP) is -1.45. The Kier molecular flexibility index (Phi) is 1290. The molecule has 0 heterocycles. The Bertz CT molecular complexity index is 6.85. The summed E-state index contributed by atoms with van der Waals surface area (Å²) < 4.78 is 0. The second kappa shape index (κ2) is 59.6. The van der Waals surface area contributed by atoms with Crippen molar-refractivity contribution < 1.29 is 35.9 Å². The minimum atomic E-state index is 0. The Labute approximate surface area is 59.0 Å². The zero-order valence-corrected chi connectivity index (χ0v) is 7.11. The molecule has 0 aromatic carbocycles. The summed E-state index contributed by atoms with van der Waals surface area (Å²) in [6.07, 6.45) is 0. The van der Waals surface area contributed by atoms with Crippen LogP contribution in [0.25, 0.3) is 0 Å². The summed E-state index contributed by atoms with van der Waals surface area (Å²) in [5, 5.41) is 0. The smallest absolute Gasteiger partial charge is 2.00 e. The van der Waals surface area contributed by atoms with E-state index in [1.165, 1.54) is 0 Å². The van der Waals surface area contributed by atoms with Crippen molar-refractivity contribution in [1.82, 2.24) is 0 Å². The van der Waals surface area contributed by atoms with E-state index in [-0.39, 0.29) is 59.0 Å². The van der Waals surface area contributed by atoms with Crippen molar-refractivity contribution >= 4 is 23.1 Å². The molecular formula is H2MgO3Zn. The van der Waals surface area contributed by atoms with Crippen LogP contribution in [0.2, 0.25) is 0 Å². The monoisotopic (exact) mass is 138 g/mol. The van der Waals surface area contributed by atoms with Crippen molar-refractivity contribution in [1.29, 1.82) is 0 Å². The van der Waals surface area contributed by atoms with Crippen LogP contribution in [-0.2, 0) is 30.4 Å². The van der Waals surface area contributed by atoms with Crippen LogP contribution in [0.3, 0.4) is 0 Å². The van der Waals surface area contributed by atoms with E-state index in [1.807, 2.05) is 0 Å². The third kappa shape index (κ3) is 34.9. The number of hydrogen-bond donors (Lipinski definition) is 0. The molecule has 0 atom stereocenters. The van der Waals surface area contributed by atoms with Gasteiger partial charge in [-0.3, -0.25) is 0 Å². The van der Waals surface area contributed by atoms with Gasteiger partial charge in [0.15, 0.2) is 0 Å². The van der Waals surface area contributed by atoms with Crippen LogP contribution >= 0.6 is 0 Å². The van der Waals surface area contributed by atoms with Crippen LogP contribution in [0.4, 0.5) is 0 Å². The van der Waals surface area contributed by atoms with Gasteiger partial charge >= 0.3 is 42.5 Å². The molecule has 0 radical (unpaired) electrons. The van der Waals surface area contributed by atoms with Crippen molar-refractivity contribution in [2.75, 3.05) is 0 Å². The first kappa shape index (κ1) is 108. The van der Waals surface area contributed by atoms with Gasteiger partial charge in [-0.2, -0.15) is 0 Å². The first-order valence-electron chi connectivity index (χ1n) is 0. The third-order valence-electron chi connectivity index (χ3n) is 0. The molecule has 0 fully saturated rings. The Morgan fingerprint density at radius 2 is 0.800 bits per heavy atom. The molecule has 24 valence electrons. The van der Waals surface area contributed by atoms with Crippen molar-refractivity contribution in [2.24, 2.45) is 0 Å². The summed E-state index contributed by atoms with van der Waals surface area (Å²) in [5.74, 6) is 0. The zero-order chi connectivity index (χ0) is 0. The predicted molar refractivity (Wildman–Crippen MR) is 10.7 cm³/mol. The SMILES string of the molecule is O.[Mg+2].[O-2].[O-2].[Zn+2]. The summed E-state index contributed by atoms with van der Waals surface area (Å²) in [4.78, 5) is 0. The van der Waals surface area contributed by atoms with Crippen molar-refractivity contribution in [2.45, 2.75) is 0 Å². The Morgan fingerprint density at radius 3 is 0.800 bits per heavy atom. The van der Waals surface area contributed by atoms with Gasteiger partial charge in [0.2, 0.25) is 0 Å². The van der Waals surface area contributed by atoms with Crippen LogP contribution in [-0.4, -0.2) is 28.5 Å². The van der Waals surface area contributed by atoms with Gasteiger partial charge in [0.05, 0.1) is 0 Å². The van der Waals surface area contributed by atoms with Gasteiger partial charge in [-0.25, -0.2) is 0 Å². The summed E-state index contributed by atoms with van der Waals surface area (Å²) in [6, 6.07) is 0. The van der Waals surface area contributed by atoms with E-state index >= 15 is 0 Å². The average Bonchev–Trinajstić information content (AvgIpc) is 0. The van der Waals surface area contributed by atoms with E-state index in [2.05, 4.69) is 0 Å². The van der Waals surface area contributed by atoms with E-state index < -0.39 is 0 Å². The fourth-order valence-electron chi connectivity index (χ4n) is 0. The fraction of sp³-hybridized carbons (Fsp3) is 0. The summed E-state index contributed by atoms with van der Waals surface area (Å²) in [7, 11) is 0. The first-order chi connectivity index (χ1) is 0. The Hall–Kier alpha value is 1.27. The molecule has 0 rings (SSSR count). The molecular weight excluding hydrogens is 138 g/mol. The molecule has 5 heteroatoms. The quantitative estimate of drug-likeness (QED) is 0.368. The first-order valence-corrected chi connectivity index (χ1v) is 0. The van der Waals surface area contributed by atoms with E-state index in [1.54, 1.807) is 0 Å². The topological polar surface area (TPSA) is 88.5 Å². The second-order valence-electron chi connectivity index (χ2n) is 0. The van der Waals surface area contributed by atoms with Crippen molar-refractivity contribution in [3.05, 3.63) is 0 Å². The second-order valence-corrected chi connectivity index (χ2v) is 0. The van der Waals surface area contributed by atoms with Crippen LogP contribution in [0, 0.1) is 0 Å². The van der Waals surface area contributed by atoms with Gasteiger partial charge in [-0.15, -0.1) is 0 Å². The molecule has 0 aliphatic heterocycles. The van der Waals surface area contributed by atoms with Crippen LogP contribution in [0.15, 0.2) is 0 Å². The molecule has 0 aliphatic carbocycles. The van der Waals surface area contributed by atoms with E-state index in [0.717, 1.165) is 0 Å². The van der Waals surface area contributed by atoms with Crippen LogP contribution < -0.4 is 0 Å². The molecule has 0 bridgehead atoms. The van der Waals surface area contributed by atoms with Gasteiger partial charge in [0.1, 0.15) is 0 Å². The molecule has 0 spiro atoms. The van der Waals surface area contributed by atoms with E-state index in [4.69, 9.17) is 0 Å². The molecule has 0 amide bonds. The standard InChI is InChI=1S/Mg.H2O.2O.Zn/h;1H2;;;/q+2;;2*-2;+2. The molecule has 0 saturated carbocycles. The minimum Gasteiger partial charge on any atom is -2.00 e. The maximum Gasteiger partial charge on any atom is 2.00 e. The van der Waals surface area contributed by atoms with E-state index in [9.17, 15) is 0 Å². The Balaban J connectivity index is 0. The average molecular weight is 140 g/mol. The molecule has 0 unspecified atom stereocenters. The largest absolute Gasteiger partial charge is 2.00 e. The van der Waals surface area contributed by atoms with Gasteiger partial charge in [0, 0.05) is 0 Å². The fourth-order valence-corrected chi connectivity index (χ4v) is 0.